The monoisotopic (exact) mass is 282 g/mol. The minimum atomic E-state index is -0.956. The van der Waals surface area contributed by atoms with Gasteiger partial charge < -0.3 is 20.2 Å². The molecular formula is C14H22N2O4. The van der Waals surface area contributed by atoms with Gasteiger partial charge in [0.05, 0.1) is 11.5 Å². The summed E-state index contributed by atoms with van der Waals surface area (Å²) in [5.74, 6) is 0.516. The lowest BCUT2D eigenvalue weighted by molar-refractivity contribution is -0.147. The minimum Gasteiger partial charge on any atom is -0.481 e. The normalized spacial score (nSPS) is 15.2. The molecule has 0 radical (unpaired) electrons. The summed E-state index contributed by atoms with van der Waals surface area (Å²) in [6, 6.07) is 2.94. The molecule has 6 nitrogen and oxygen atoms in total. The molecule has 0 aromatic carbocycles. The number of hydrogen-bond acceptors (Lipinski definition) is 3. The summed E-state index contributed by atoms with van der Waals surface area (Å²) in [5.41, 5.74) is -0.956. The number of nitrogens with one attached hydrogen (secondary N) is 2. The fraction of sp³-hybridized carbons (Fsp3) is 0.571. The van der Waals surface area contributed by atoms with Crippen LogP contribution in [0, 0.1) is 12.3 Å². The molecule has 2 unspecified atom stereocenters. The first-order valence-electron chi connectivity index (χ1n) is 6.62. The summed E-state index contributed by atoms with van der Waals surface area (Å²) < 4.78 is 5.41. The summed E-state index contributed by atoms with van der Waals surface area (Å²) >= 11 is 0. The highest BCUT2D eigenvalue weighted by Crippen LogP contribution is 2.20. The van der Waals surface area contributed by atoms with Gasteiger partial charge in [-0.1, -0.05) is 6.92 Å². The Bertz CT molecular complexity index is 483. The molecule has 0 aliphatic carbocycles. The topological polar surface area (TPSA) is 91.6 Å². The number of aryl methyl sites for hydroxylation is 1. The Hall–Kier alpha value is -1.98. The van der Waals surface area contributed by atoms with Crippen LogP contribution in [0.1, 0.15) is 44.8 Å². The second-order valence-corrected chi connectivity index (χ2v) is 5.22. The predicted octanol–water partition coefficient (Wildman–Crippen LogP) is 2.45. The zero-order valence-corrected chi connectivity index (χ0v) is 12.3. The third-order valence-corrected chi connectivity index (χ3v) is 3.47. The first-order valence-corrected chi connectivity index (χ1v) is 6.62. The van der Waals surface area contributed by atoms with Crippen LogP contribution >= 0.6 is 0 Å². The molecule has 0 saturated heterocycles. The van der Waals surface area contributed by atoms with Crippen molar-refractivity contribution in [3.8, 4) is 0 Å². The predicted molar refractivity (Wildman–Crippen MR) is 74.4 cm³/mol. The number of amides is 2. The maximum absolute atomic E-state index is 11.8. The Labute approximate surface area is 118 Å². The Kier molecular flexibility index (Phi) is 5.19. The fourth-order valence-electron chi connectivity index (χ4n) is 1.63. The number of carboxylic acid groups (broad SMARTS) is 1. The van der Waals surface area contributed by atoms with Crippen LogP contribution in [0.2, 0.25) is 0 Å². The van der Waals surface area contributed by atoms with Crippen LogP contribution in [0.3, 0.4) is 0 Å². The molecule has 6 heteroatoms. The largest absolute Gasteiger partial charge is 0.481 e. The maximum atomic E-state index is 11.8. The van der Waals surface area contributed by atoms with Crippen LogP contribution in [0.5, 0.6) is 0 Å². The molecule has 0 saturated carbocycles. The van der Waals surface area contributed by atoms with Crippen molar-refractivity contribution >= 4 is 12.0 Å². The van der Waals surface area contributed by atoms with E-state index in [4.69, 9.17) is 9.52 Å². The van der Waals surface area contributed by atoms with Gasteiger partial charge >= 0.3 is 12.0 Å². The number of rotatable bonds is 6. The van der Waals surface area contributed by atoms with E-state index in [2.05, 4.69) is 10.6 Å². The van der Waals surface area contributed by atoms with Gasteiger partial charge in [-0.2, -0.15) is 0 Å². The summed E-state index contributed by atoms with van der Waals surface area (Å²) in [4.78, 5) is 22.9. The molecule has 2 amide bonds. The summed E-state index contributed by atoms with van der Waals surface area (Å²) in [6.45, 7) is 7.09. The van der Waals surface area contributed by atoms with E-state index in [0.29, 0.717) is 12.2 Å². The first kappa shape index (κ1) is 16.1. The Morgan fingerprint density at radius 3 is 2.55 bits per heavy atom. The van der Waals surface area contributed by atoms with Crippen molar-refractivity contribution in [3.05, 3.63) is 23.7 Å². The van der Waals surface area contributed by atoms with Gasteiger partial charge in [-0.3, -0.25) is 4.79 Å². The van der Waals surface area contributed by atoms with Gasteiger partial charge in [0.25, 0.3) is 0 Å². The lowest BCUT2D eigenvalue weighted by Crippen LogP contribution is -2.45. The van der Waals surface area contributed by atoms with Crippen LogP contribution in [-0.4, -0.2) is 23.7 Å². The second kappa shape index (κ2) is 6.45. The maximum Gasteiger partial charge on any atom is 0.315 e. The lowest BCUT2D eigenvalue weighted by Gasteiger charge is -2.23. The molecule has 1 rings (SSSR count). The molecule has 0 spiro atoms. The Morgan fingerprint density at radius 2 is 2.10 bits per heavy atom. The summed E-state index contributed by atoms with van der Waals surface area (Å²) in [7, 11) is 0. The average Bonchev–Trinajstić information content (AvgIpc) is 2.82. The van der Waals surface area contributed by atoms with E-state index in [1.807, 2.05) is 13.0 Å². The van der Waals surface area contributed by atoms with Crippen molar-refractivity contribution in [2.45, 2.75) is 40.2 Å². The first-order chi connectivity index (χ1) is 9.28. The summed E-state index contributed by atoms with van der Waals surface area (Å²) in [5, 5.41) is 14.4. The Balaban J connectivity index is 2.50. The Morgan fingerprint density at radius 1 is 1.45 bits per heavy atom. The van der Waals surface area contributed by atoms with Gasteiger partial charge in [0.15, 0.2) is 0 Å². The smallest absolute Gasteiger partial charge is 0.315 e. The van der Waals surface area contributed by atoms with E-state index in [1.54, 1.807) is 26.8 Å². The van der Waals surface area contributed by atoms with E-state index >= 15 is 0 Å². The van der Waals surface area contributed by atoms with Gasteiger partial charge in [-0.15, -0.1) is 0 Å². The molecule has 0 aliphatic rings. The van der Waals surface area contributed by atoms with Crippen molar-refractivity contribution in [1.29, 1.82) is 0 Å². The minimum absolute atomic E-state index is 0.0779. The van der Waals surface area contributed by atoms with E-state index in [9.17, 15) is 9.59 Å². The molecule has 0 fully saturated rings. The summed E-state index contributed by atoms with van der Waals surface area (Å²) in [6.07, 6.45) is 0.440. The highest BCUT2D eigenvalue weighted by molar-refractivity contribution is 5.77. The molecule has 2 atom stereocenters. The van der Waals surface area contributed by atoms with E-state index in [1.165, 1.54) is 0 Å². The van der Waals surface area contributed by atoms with Crippen molar-refractivity contribution in [1.82, 2.24) is 10.6 Å². The molecule has 1 aromatic heterocycles. The van der Waals surface area contributed by atoms with E-state index in [0.717, 1.165) is 5.76 Å². The van der Waals surface area contributed by atoms with Crippen molar-refractivity contribution in [3.63, 3.8) is 0 Å². The quantitative estimate of drug-likeness (QED) is 0.747. The van der Waals surface area contributed by atoms with Crippen molar-refractivity contribution < 1.29 is 19.1 Å². The van der Waals surface area contributed by atoms with Gasteiger partial charge in [0, 0.05) is 6.54 Å². The molecule has 1 heterocycles. The zero-order chi connectivity index (χ0) is 15.3. The van der Waals surface area contributed by atoms with Gasteiger partial charge in [0.2, 0.25) is 0 Å². The molecule has 3 N–H and O–H groups in total. The van der Waals surface area contributed by atoms with Crippen LogP contribution < -0.4 is 10.6 Å². The number of aliphatic carboxylic acids is 1. The highest BCUT2D eigenvalue weighted by Gasteiger charge is 2.31. The fourth-order valence-corrected chi connectivity index (χ4v) is 1.63. The van der Waals surface area contributed by atoms with Crippen LogP contribution in [-0.2, 0) is 4.79 Å². The van der Waals surface area contributed by atoms with Crippen LogP contribution in [0.4, 0.5) is 4.79 Å². The van der Waals surface area contributed by atoms with E-state index in [-0.39, 0.29) is 12.6 Å². The van der Waals surface area contributed by atoms with Crippen LogP contribution in [0.25, 0.3) is 0 Å². The van der Waals surface area contributed by atoms with Crippen molar-refractivity contribution in [2.24, 2.45) is 5.41 Å². The van der Waals surface area contributed by atoms with Gasteiger partial charge in [-0.05, 0) is 39.3 Å². The standard InChI is InChI=1S/C14H22N2O4/c1-5-14(4,12(17)18)8-15-13(19)16-10(3)11-7-6-9(2)20-11/h6-7,10H,5,8H2,1-4H3,(H,17,18)(H2,15,16,19). The molecule has 0 aliphatic heterocycles. The van der Waals surface area contributed by atoms with Gasteiger partial charge in [0.1, 0.15) is 11.5 Å². The van der Waals surface area contributed by atoms with Crippen molar-refractivity contribution in [2.75, 3.05) is 6.54 Å². The van der Waals surface area contributed by atoms with E-state index < -0.39 is 17.4 Å². The number of carbonyl (C=O) groups excluding carboxylic acids is 1. The molecular weight excluding hydrogens is 260 g/mol. The average molecular weight is 282 g/mol. The number of urea groups is 1. The molecule has 112 valence electrons. The zero-order valence-electron chi connectivity index (χ0n) is 12.3. The number of carboxylic acids is 1. The highest BCUT2D eigenvalue weighted by atomic mass is 16.4. The van der Waals surface area contributed by atoms with Crippen LogP contribution in [0.15, 0.2) is 16.5 Å². The second-order valence-electron chi connectivity index (χ2n) is 5.22. The third kappa shape index (κ3) is 4.01. The number of hydrogen-bond donors (Lipinski definition) is 3. The molecule has 0 bridgehead atoms. The SMILES string of the molecule is CCC(C)(CNC(=O)NC(C)c1ccc(C)o1)C(=O)O. The lowest BCUT2D eigenvalue weighted by atomic mass is 9.88. The molecule has 1 aromatic rings. The number of carbonyl (C=O) groups is 2. The molecule has 20 heavy (non-hydrogen) atoms. The third-order valence-electron chi connectivity index (χ3n) is 3.47. The van der Waals surface area contributed by atoms with Gasteiger partial charge in [-0.25, -0.2) is 4.79 Å². The number of furan rings is 1.